The van der Waals surface area contributed by atoms with Crippen molar-refractivity contribution in [1.29, 1.82) is 0 Å². The summed E-state index contributed by atoms with van der Waals surface area (Å²) in [7, 11) is -2.90. The van der Waals surface area contributed by atoms with Gasteiger partial charge in [-0.25, -0.2) is 32.6 Å². The van der Waals surface area contributed by atoms with Gasteiger partial charge in [0.25, 0.3) is 5.91 Å². The van der Waals surface area contributed by atoms with E-state index in [0.29, 0.717) is 4.57 Å². The molecule has 1 aliphatic rings. The molecule has 0 aliphatic carbocycles. The van der Waals surface area contributed by atoms with Crippen molar-refractivity contribution >= 4 is 27.7 Å². The van der Waals surface area contributed by atoms with Crippen molar-refractivity contribution < 1.29 is 22.3 Å². The quantitative estimate of drug-likeness (QED) is 0.656. The van der Waals surface area contributed by atoms with Gasteiger partial charge in [0, 0.05) is 13.6 Å². The molecule has 0 saturated heterocycles. The molecule has 3 rings (SSSR count). The van der Waals surface area contributed by atoms with Gasteiger partial charge in [0.05, 0.1) is 29.4 Å². The minimum absolute atomic E-state index is 0.0885. The second-order valence-electron chi connectivity index (χ2n) is 6.09. The highest BCUT2D eigenvalue weighted by Gasteiger charge is 2.26. The van der Waals surface area contributed by atoms with E-state index >= 15 is 0 Å². The Morgan fingerprint density at radius 2 is 1.97 bits per heavy atom. The third kappa shape index (κ3) is 3.73. The summed E-state index contributed by atoms with van der Waals surface area (Å²) in [6.07, 6.45) is 0. The Morgan fingerprint density at radius 1 is 1.31 bits per heavy atom. The van der Waals surface area contributed by atoms with Crippen LogP contribution in [0.15, 0.2) is 21.7 Å². The molecule has 14 heteroatoms. The normalized spacial score (nSPS) is 14.1. The molecule has 0 atom stereocenters. The zero-order chi connectivity index (χ0) is 21.5. The number of carbonyl (C=O) groups excluding carboxylic acids is 1. The lowest BCUT2D eigenvalue weighted by atomic mass is 10.2. The molecule has 0 radical (unpaired) electrons. The van der Waals surface area contributed by atoms with Gasteiger partial charge in [0.15, 0.2) is 0 Å². The van der Waals surface area contributed by atoms with Gasteiger partial charge in [-0.3, -0.25) is 4.79 Å². The summed E-state index contributed by atoms with van der Waals surface area (Å²) in [6.45, 7) is 1.75. The van der Waals surface area contributed by atoms with Gasteiger partial charge in [-0.15, -0.1) is 0 Å². The predicted octanol–water partition coefficient (Wildman–Crippen LogP) is -0.493. The van der Waals surface area contributed by atoms with Crippen molar-refractivity contribution in [1.82, 2.24) is 23.0 Å². The molecule has 29 heavy (non-hydrogen) atoms. The Kier molecular flexibility index (Phi) is 5.67. The summed E-state index contributed by atoms with van der Waals surface area (Å²) in [5, 5.41) is -0.390. The van der Waals surface area contributed by atoms with Crippen LogP contribution < -0.4 is 16.1 Å². The van der Waals surface area contributed by atoms with E-state index in [1.54, 1.807) is 11.6 Å². The minimum atomic E-state index is -4.15. The van der Waals surface area contributed by atoms with Crippen LogP contribution in [0.25, 0.3) is 5.69 Å². The fourth-order valence-corrected chi connectivity index (χ4v) is 3.75. The van der Waals surface area contributed by atoms with Gasteiger partial charge in [0.1, 0.15) is 12.5 Å². The molecule has 1 aliphatic heterocycles. The summed E-state index contributed by atoms with van der Waals surface area (Å²) < 4.78 is 49.1. The first-order chi connectivity index (χ1) is 13.6. The molecule has 158 valence electrons. The fraction of sp³-hybridized carbons (Fsp3) is 0.400. The van der Waals surface area contributed by atoms with Crippen LogP contribution in [0.4, 0.5) is 4.39 Å². The molecule has 0 saturated carbocycles. The van der Waals surface area contributed by atoms with Gasteiger partial charge >= 0.3 is 21.6 Å². The maximum atomic E-state index is 14.5. The second-order valence-corrected chi connectivity index (χ2v) is 8.28. The molecule has 11 nitrogen and oxygen atoms in total. The molecule has 2 aromatic rings. The van der Waals surface area contributed by atoms with E-state index in [4.69, 9.17) is 16.3 Å². The molecular weight excluding hydrogens is 433 g/mol. The number of nitrogens with zero attached hydrogens (tertiary/aromatic N) is 4. The minimum Gasteiger partial charge on any atom is -0.357 e. The van der Waals surface area contributed by atoms with Crippen LogP contribution in [-0.2, 0) is 28.2 Å². The standard InChI is InChI=1S/C15H17ClFN5O6S/c1-3-19(2)29(26,27)18-13(23)9-6-12(11(17)7-10(9)16)22-14(24)20-4-5-28-8-21(20)15(22)25/h6-7H,3-5,8H2,1-2H3,(H,18,23). The number of amides is 1. The predicted molar refractivity (Wildman–Crippen MR) is 99.9 cm³/mol. The zero-order valence-electron chi connectivity index (χ0n) is 15.4. The van der Waals surface area contributed by atoms with Crippen molar-refractivity contribution in [2.24, 2.45) is 0 Å². The highest BCUT2D eigenvalue weighted by molar-refractivity contribution is 7.87. The van der Waals surface area contributed by atoms with Crippen LogP contribution in [-0.4, -0.2) is 52.8 Å². The van der Waals surface area contributed by atoms with Crippen LogP contribution in [0.1, 0.15) is 17.3 Å². The summed E-state index contributed by atoms with van der Waals surface area (Å²) in [5.74, 6) is -2.18. The Bertz CT molecular complexity index is 1160. The van der Waals surface area contributed by atoms with Crippen LogP contribution in [0, 0.1) is 5.82 Å². The van der Waals surface area contributed by atoms with E-state index in [-0.39, 0.29) is 26.4 Å². The Morgan fingerprint density at radius 3 is 2.59 bits per heavy atom. The lowest BCUT2D eigenvalue weighted by Crippen LogP contribution is -2.41. The number of aromatic nitrogens is 3. The van der Waals surface area contributed by atoms with Gasteiger partial charge in [-0.1, -0.05) is 18.5 Å². The van der Waals surface area contributed by atoms with Crippen LogP contribution >= 0.6 is 11.6 Å². The molecule has 0 bridgehead atoms. The number of carbonyl (C=O) groups is 1. The number of hydrogen-bond donors (Lipinski definition) is 1. The molecule has 0 fully saturated rings. The number of hydrogen-bond acceptors (Lipinski definition) is 6. The smallest absolute Gasteiger partial charge is 0.354 e. The lowest BCUT2D eigenvalue weighted by Gasteiger charge is -2.16. The van der Waals surface area contributed by atoms with E-state index in [1.165, 1.54) is 7.05 Å². The number of nitrogens with one attached hydrogen (secondary N) is 1. The van der Waals surface area contributed by atoms with Crippen molar-refractivity contribution in [2.45, 2.75) is 20.2 Å². The van der Waals surface area contributed by atoms with E-state index in [1.807, 2.05) is 0 Å². The molecular formula is C15H17ClFN5O6S. The molecule has 1 aromatic heterocycles. The SMILES string of the molecule is CCN(C)S(=O)(=O)NC(=O)c1cc(-n2c(=O)n3n(c2=O)COCC3)c(F)cc1Cl. The van der Waals surface area contributed by atoms with Crippen molar-refractivity contribution in [3.8, 4) is 5.69 Å². The van der Waals surface area contributed by atoms with Crippen molar-refractivity contribution in [3.05, 3.63) is 49.5 Å². The van der Waals surface area contributed by atoms with E-state index in [2.05, 4.69) is 0 Å². The van der Waals surface area contributed by atoms with Crippen LogP contribution in [0.5, 0.6) is 0 Å². The Balaban J connectivity index is 2.11. The molecule has 1 N–H and O–H groups in total. The third-order valence-corrected chi connectivity index (χ3v) is 6.21. The topological polar surface area (TPSA) is 125 Å². The van der Waals surface area contributed by atoms with Gasteiger partial charge in [0.2, 0.25) is 0 Å². The summed E-state index contributed by atoms with van der Waals surface area (Å²) >= 11 is 5.90. The average Bonchev–Trinajstić information content (AvgIpc) is 2.92. The average molecular weight is 450 g/mol. The van der Waals surface area contributed by atoms with Crippen molar-refractivity contribution in [2.75, 3.05) is 20.2 Å². The van der Waals surface area contributed by atoms with Gasteiger partial charge in [-0.2, -0.15) is 12.7 Å². The first-order valence-corrected chi connectivity index (χ1v) is 10.2. The maximum absolute atomic E-state index is 14.5. The highest BCUT2D eigenvalue weighted by atomic mass is 35.5. The monoisotopic (exact) mass is 449 g/mol. The molecule has 2 heterocycles. The number of ether oxygens (including phenoxy) is 1. The Hall–Kier alpha value is -2.48. The molecule has 1 aromatic carbocycles. The van der Waals surface area contributed by atoms with E-state index in [9.17, 15) is 27.2 Å². The molecule has 0 spiro atoms. The first kappa shape index (κ1) is 21.2. The lowest BCUT2D eigenvalue weighted by molar-refractivity contribution is 0.0119. The van der Waals surface area contributed by atoms with Crippen LogP contribution in [0.2, 0.25) is 5.02 Å². The number of fused-ring (bicyclic) bond motifs is 1. The van der Waals surface area contributed by atoms with E-state index < -0.39 is 49.6 Å². The van der Waals surface area contributed by atoms with Crippen molar-refractivity contribution in [3.63, 3.8) is 0 Å². The maximum Gasteiger partial charge on any atom is 0.354 e. The summed E-state index contributed by atoms with van der Waals surface area (Å²) in [4.78, 5) is 37.5. The highest BCUT2D eigenvalue weighted by Crippen LogP contribution is 2.23. The third-order valence-electron chi connectivity index (χ3n) is 4.38. The van der Waals surface area contributed by atoms with Gasteiger partial charge < -0.3 is 4.74 Å². The number of halogens is 2. The zero-order valence-corrected chi connectivity index (χ0v) is 17.0. The van der Waals surface area contributed by atoms with Gasteiger partial charge in [-0.05, 0) is 12.1 Å². The first-order valence-electron chi connectivity index (χ1n) is 8.36. The number of rotatable bonds is 5. The second kappa shape index (κ2) is 7.74. The summed E-state index contributed by atoms with van der Waals surface area (Å²) in [6, 6.07) is 1.58. The van der Waals surface area contributed by atoms with Crippen LogP contribution in [0.3, 0.4) is 0 Å². The fourth-order valence-electron chi connectivity index (χ4n) is 2.67. The number of benzene rings is 1. The molecule has 0 unspecified atom stereocenters. The largest absolute Gasteiger partial charge is 0.357 e. The van der Waals surface area contributed by atoms with E-state index in [0.717, 1.165) is 25.8 Å². The molecule has 1 amide bonds. The summed E-state index contributed by atoms with van der Waals surface area (Å²) in [5.41, 5.74) is -2.66. The Labute approximate surface area is 169 Å².